The molecule has 1 amide bonds. The van der Waals surface area contributed by atoms with Crippen molar-refractivity contribution >= 4 is 29.5 Å². The molecule has 1 aromatic heterocycles. The maximum atomic E-state index is 12.2. The molecule has 3 rings (SSSR count). The Morgan fingerprint density at radius 1 is 1.38 bits per heavy atom. The molecule has 0 aliphatic carbocycles. The first-order valence-corrected chi connectivity index (χ1v) is 9.36. The summed E-state index contributed by atoms with van der Waals surface area (Å²) in [5.74, 6) is 1.16. The zero-order valence-electron chi connectivity index (χ0n) is 14.9. The molecule has 26 heavy (non-hydrogen) atoms. The molecule has 1 N–H and O–H groups in total. The smallest absolute Gasteiger partial charge is 0.327 e. The number of nitrogens with one attached hydrogen (secondary N) is 1. The van der Waals surface area contributed by atoms with Crippen molar-refractivity contribution in [2.45, 2.75) is 25.6 Å². The summed E-state index contributed by atoms with van der Waals surface area (Å²) in [5.41, 5.74) is 2.74. The lowest BCUT2D eigenvalue weighted by atomic mass is 10.0. The fourth-order valence-corrected chi connectivity index (χ4v) is 4.13. The molecule has 2 heterocycles. The minimum Gasteiger partial charge on any atom is -0.497 e. The normalized spacial score (nSPS) is 16.4. The minimum atomic E-state index is -0.384. The number of rotatable bonds is 5. The lowest BCUT2D eigenvalue weighted by molar-refractivity contribution is -0.144. The fourth-order valence-electron chi connectivity index (χ4n) is 2.94. The molecule has 138 valence electrons. The fraction of sp³-hybridized carbons (Fsp3) is 0.389. The lowest BCUT2D eigenvalue weighted by Crippen LogP contribution is -2.20. The number of carbonyl (C=O) groups is 2. The monoisotopic (exact) mass is 375 g/mol. The molecule has 0 spiro atoms. The maximum absolute atomic E-state index is 12.2. The van der Waals surface area contributed by atoms with Gasteiger partial charge in [0.05, 0.1) is 30.4 Å². The first-order valence-electron chi connectivity index (χ1n) is 8.31. The first kappa shape index (κ1) is 18.3. The second-order valence-corrected chi connectivity index (χ2v) is 6.92. The number of hydrogen-bond donors (Lipinski definition) is 1. The molecule has 1 aromatic carbocycles. The zero-order valence-corrected chi connectivity index (χ0v) is 15.8. The first-order chi connectivity index (χ1) is 12.5. The van der Waals surface area contributed by atoms with Crippen LogP contribution in [0.15, 0.2) is 24.3 Å². The van der Waals surface area contributed by atoms with E-state index in [1.165, 1.54) is 16.4 Å². The summed E-state index contributed by atoms with van der Waals surface area (Å²) in [4.78, 5) is 24.1. The van der Waals surface area contributed by atoms with E-state index in [-0.39, 0.29) is 23.7 Å². The molecule has 7 nitrogen and oxygen atoms in total. The third-order valence-corrected chi connectivity index (χ3v) is 5.35. The van der Waals surface area contributed by atoms with Crippen LogP contribution in [0.4, 0.5) is 5.82 Å². The van der Waals surface area contributed by atoms with Crippen molar-refractivity contribution < 1.29 is 19.1 Å². The molecule has 0 saturated heterocycles. The van der Waals surface area contributed by atoms with Gasteiger partial charge in [0.1, 0.15) is 18.1 Å². The summed E-state index contributed by atoms with van der Waals surface area (Å²) in [7, 11) is 1.62. The number of benzene rings is 1. The second kappa shape index (κ2) is 7.82. The molecule has 2 aromatic rings. The van der Waals surface area contributed by atoms with Crippen molar-refractivity contribution in [3.8, 4) is 5.75 Å². The highest BCUT2D eigenvalue weighted by atomic mass is 32.2. The van der Waals surface area contributed by atoms with Crippen molar-refractivity contribution in [1.82, 2.24) is 9.78 Å². The molecule has 0 radical (unpaired) electrons. The largest absolute Gasteiger partial charge is 0.497 e. The Kier molecular flexibility index (Phi) is 5.51. The van der Waals surface area contributed by atoms with E-state index in [9.17, 15) is 9.59 Å². The van der Waals surface area contributed by atoms with Gasteiger partial charge in [0, 0.05) is 5.56 Å². The van der Waals surface area contributed by atoms with Crippen LogP contribution in [-0.4, -0.2) is 41.1 Å². The number of anilines is 1. The third-order valence-electron chi connectivity index (χ3n) is 4.08. The number of methoxy groups -OCH3 is 1. The average molecular weight is 375 g/mol. The second-order valence-electron chi connectivity index (χ2n) is 5.82. The van der Waals surface area contributed by atoms with Gasteiger partial charge in [-0.15, -0.1) is 11.8 Å². The Morgan fingerprint density at radius 2 is 2.12 bits per heavy atom. The number of aryl methyl sites for hydroxylation is 1. The van der Waals surface area contributed by atoms with Crippen LogP contribution in [0, 0.1) is 6.92 Å². The van der Waals surface area contributed by atoms with E-state index in [0.29, 0.717) is 18.2 Å². The van der Waals surface area contributed by atoms with Crippen LogP contribution in [0.1, 0.15) is 29.0 Å². The summed E-state index contributed by atoms with van der Waals surface area (Å²) in [5, 5.41) is 7.29. The number of nitrogens with zero attached hydrogens (tertiary/aromatic N) is 2. The number of ether oxygens (including phenoxy) is 2. The minimum absolute atomic E-state index is 0.0374. The number of fused-ring (bicyclic) bond motifs is 1. The Labute approximate surface area is 156 Å². The van der Waals surface area contributed by atoms with Crippen molar-refractivity contribution in [2.75, 3.05) is 24.8 Å². The molecule has 1 aliphatic rings. The van der Waals surface area contributed by atoms with Crippen LogP contribution >= 0.6 is 11.8 Å². The van der Waals surface area contributed by atoms with Gasteiger partial charge in [-0.2, -0.15) is 5.10 Å². The predicted molar refractivity (Wildman–Crippen MR) is 99.5 cm³/mol. The molecular weight excluding hydrogens is 354 g/mol. The summed E-state index contributed by atoms with van der Waals surface area (Å²) < 4.78 is 11.7. The van der Waals surface area contributed by atoms with E-state index in [1.807, 2.05) is 31.2 Å². The number of esters is 1. The molecule has 0 saturated carbocycles. The highest BCUT2D eigenvalue weighted by Gasteiger charge is 2.30. The van der Waals surface area contributed by atoms with Crippen molar-refractivity contribution in [3.05, 3.63) is 41.1 Å². The van der Waals surface area contributed by atoms with Gasteiger partial charge in [-0.05, 0) is 31.5 Å². The molecule has 0 bridgehead atoms. The Hall–Kier alpha value is -2.48. The molecule has 0 unspecified atom stereocenters. The van der Waals surface area contributed by atoms with Gasteiger partial charge in [-0.3, -0.25) is 9.59 Å². The lowest BCUT2D eigenvalue weighted by Gasteiger charge is -2.15. The number of hydrogen-bond acceptors (Lipinski definition) is 6. The number of carbonyl (C=O) groups excluding carboxylic acids is 2. The summed E-state index contributed by atoms with van der Waals surface area (Å²) in [6.45, 7) is 3.90. The van der Waals surface area contributed by atoms with Gasteiger partial charge >= 0.3 is 5.97 Å². The summed E-state index contributed by atoms with van der Waals surface area (Å²) in [6.07, 6.45) is 0. The van der Waals surface area contributed by atoms with Crippen LogP contribution in [-0.2, 0) is 20.9 Å². The molecule has 1 atom stereocenters. The van der Waals surface area contributed by atoms with Gasteiger partial charge < -0.3 is 14.8 Å². The zero-order chi connectivity index (χ0) is 18.7. The van der Waals surface area contributed by atoms with Crippen LogP contribution < -0.4 is 10.1 Å². The summed E-state index contributed by atoms with van der Waals surface area (Å²) in [6, 6.07) is 7.76. The number of thioether (sulfide) groups is 1. The van der Waals surface area contributed by atoms with Gasteiger partial charge in [-0.1, -0.05) is 12.1 Å². The SMILES string of the molecule is CCOC(=O)Cn1nc(C)c2c1NC(=O)CS[C@@H]2c1ccc(OC)cc1. The van der Waals surface area contributed by atoms with Crippen molar-refractivity contribution in [3.63, 3.8) is 0 Å². The van der Waals surface area contributed by atoms with Gasteiger partial charge in [-0.25, -0.2) is 4.68 Å². The average Bonchev–Trinajstić information content (AvgIpc) is 2.80. The standard InChI is InChI=1S/C18H21N3O4S/c1-4-25-15(23)9-21-18-16(11(2)20-21)17(26-10-14(22)19-18)12-5-7-13(24-3)8-6-12/h5-8,17H,4,9-10H2,1-3H3,(H,19,22)/t17-/m1/s1. The van der Waals surface area contributed by atoms with Crippen LogP contribution in [0.5, 0.6) is 5.75 Å². The maximum Gasteiger partial charge on any atom is 0.327 e. The predicted octanol–water partition coefficient (Wildman–Crippen LogP) is 2.54. The highest BCUT2D eigenvalue weighted by molar-refractivity contribution is 8.00. The quantitative estimate of drug-likeness (QED) is 0.809. The molecule has 8 heteroatoms. The Bertz CT molecular complexity index is 817. The van der Waals surface area contributed by atoms with E-state index in [1.54, 1.807) is 14.0 Å². The molecular formula is C18H21N3O4S. The topological polar surface area (TPSA) is 82.5 Å². The van der Waals surface area contributed by atoms with Gasteiger partial charge in [0.2, 0.25) is 5.91 Å². The number of aromatic nitrogens is 2. The Balaban J connectivity index is 2.01. The third kappa shape index (κ3) is 3.70. The van der Waals surface area contributed by atoms with E-state index < -0.39 is 0 Å². The van der Waals surface area contributed by atoms with Crippen molar-refractivity contribution in [1.29, 1.82) is 0 Å². The summed E-state index contributed by atoms with van der Waals surface area (Å²) >= 11 is 1.54. The van der Waals surface area contributed by atoms with Crippen LogP contribution in [0.2, 0.25) is 0 Å². The van der Waals surface area contributed by atoms with Crippen LogP contribution in [0.25, 0.3) is 0 Å². The van der Waals surface area contributed by atoms with E-state index in [2.05, 4.69) is 10.4 Å². The number of amides is 1. The van der Waals surface area contributed by atoms with Crippen LogP contribution in [0.3, 0.4) is 0 Å². The highest BCUT2D eigenvalue weighted by Crippen LogP contribution is 2.43. The molecule has 0 fully saturated rings. The van der Waals surface area contributed by atoms with E-state index in [0.717, 1.165) is 22.6 Å². The van der Waals surface area contributed by atoms with Gasteiger partial charge in [0.25, 0.3) is 0 Å². The van der Waals surface area contributed by atoms with E-state index in [4.69, 9.17) is 9.47 Å². The van der Waals surface area contributed by atoms with Gasteiger partial charge in [0.15, 0.2) is 0 Å². The van der Waals surface area contributed by atoms with E-state index >= 15 is 0 Å². The molecule has 1 aliphatic heterocycles. The van der Waals surface area contributed by atoms with Crippen molar-refractivity contribution in [2.24, 2.45) is 0 Å². The Morgan fingerprint density at radius 3 is 2.77 bits per heavy atom.